The normalized spacial score (nSPS) is 10.4. The number of aryl methyl sites for hydroxylation is 2. The number of hydrogen-bond acceptors (Lipinski definition) is 2. The molecule has 0 aliphatic carbocycles. The van der Waals surface area contributed by atoms with E-state index >= 15 is 0 Å². The van der Waals surface area contributed by atoms with Crippen molar-refractivity contribution in [2.24, 2.45) is 14.1 Å². The van der Waals surface area contributed by atoms with Crippen LogP contribution >= 0.6 is 0 Å². The number of nitrogens with one attached hydrogen (secondary N) is 1. The van der Waals surface area contributed by atoms with E-state index in [2.05, 4.69) is 22.7 Å². The lowest BCUT2D eigenvalue weighted by atomic mass is 10.3. The van der Waals surface area contributed by atoms with Crippen molar-refractivity contribution in [3.05, 3.63) is 36.4 Å². The van der Waals surface area contributed by atoms with Gasteiger partial charge < -0.3 is 9.88 Å². The number of aromatic nitrogens is 3. The Labute approximate surface area is 83.2 Å². The Morgan fingerprint density at radius 3 is 2.79 bits per heavy atom. The third-order valence-corrected chi connectivity index (χ3v) is 2.09. The van der Waals surface area contributed by atoms with Gasteiger partial charge in [0.2, 0.25) is 0 Å². The van der Waals surface area contributed by atoms with E-state index in [1.54, 1.807) is 4.68 Å². The minimum atomic E-state index is 0.840. The molecule has 2 aromatic heterocycles. The fourth-order valence-electron chi connectivity index (χ4n) is 1.38. The van der Waals surface area contributed by atoms with Gasteiger partial charge in [0.25, 0.3) is 0 Å². The minimum Gasteiger partial charge on any atom is -0.378 e. The van der Waals surface area contributed by atoms with Gasteiger partial charge in [-0.05, 0) is 11.6 Å². The summed E-state index contributed by atoms with van der Waals surface area (Å²) in [5.41, 5.74) is 2.33. The molecule has 14 heavy (non-hydrogen) atoms. The molecule has 0 atom stereocenters. The summed E-state index contributed by atoms with van der Waals surface area (Å²) in [6, 6.07) is 2.10. The SMILES string of the molecule is Cn1ccc(CNc2cnn(C)c2)c1. The first kappa shape index (κ1) is 8.87. The number of hydrogen-bond donors (Lipinski definition) is 1. The zero-order valence-electron chi connectivity index (χ0n) is 8.44. The first-order chi connectivity index (χ1) is 6.74. The Balaban J connectivity index is 1.94. The average Bonchev–Trinajstić information content (AvgIpc) is 2.72. The molecule has 0 bridgehead atoms. The van der Waals surface area contributed by atoms with Crippen molar-refractivity contribution in [2.45, 2.75) is 6.54 Å². The van der Waals surface area contributed by atoms with Gasteiger partial charge in [-0.25, -0.2) is 0 Å². The van der Waals surface area contributed by atoms with Crippen molar-refractivity contribution >= 4 is 5.69 Å². The molecule has 2 heterocycles. The first-order valence-corrected chi connectivity index (χ1v) is 4.57. The second kappa shape index (κ2) is 3.57. The number of rotatable bonds is 3. The predicted octanol–water partition coefficient (Wildman–Crippen LogP) is 1.37. The highest BCUT2D eigenvalue weighted by molar-refractivity contribution is 5.38. The van der Waals surface area contributed by atoms with E-state index < -0.39 is 0 Å². The molecule has 0 amide bonds. The van der Waals surface area contributed by atoms with Gasteiger partial charge >= 0.3 is 0 Å². The van der Waals surface area contributed by atoms with Crippen LogP contribution in [0.1, 0.15) is 5.56 Å². The molecule has 2 rings (SSSR count). The lowest BCUT2D eigenvalue weighted by Crippen LogP contribution is -1.97. The Morgan fingerprint density at radius 1 is 1.36 bits per heavy atom. The van der Waals surface area contributed by atoms with Crippen molar-refractivity contribution in [2.75, 3.05) is 5.32 Å². The average molecular weight is 190 g/mol. The zero-order valence-corrected chi connectivity index (χ0v) is 8.44. The molecule has 1 N–H and O–H groups in total. The van der Waals surface area contributed by atoms with Crippen LogP contribution in [0.15, 0.2) is 30.9 Å². The van der Waals surface area contributed by atoms with Gasteiger partial charge in [0, 0.05) is 39.2 Å². The third kappa shape index (κ3) is 1.96. The van der Waals surface area contributed by atoms with Gasteiger partial charge in [0.1, 0.15) is 0 Å². The van der Waals surface area contributed by atoms with E-state index in [0.717, 1.165) is 12.2 Å². The number of anilines is 1. The van der Waals surface area contributed by atoms with E-state index in [1.165, 1.54) is 5.56 Å². The molecular weight excluding hydrogens is 176 g/mol. The fourth-order valence-corrected chi connectivity index (χ4v) is 1.38. The van der Waals surface area contributed by atoms with E-state index in [9.17, 15) is 0 Å². The highest BCUT2D eigenvalue weighted by Crippen LogP contribution is 2.07. The molecule has 0 aliphatic heterocycles. The van der Waals surface area contributed by atoms with E-state index in [1.807, 2.05) is 37.3 Å². The van der Waals surface area contributed by atoms with E-state index in [4.69, 9.17) is 0 Å². The van der Waals surface area contributed by atoms with Crippen molar-refractivity contribution in [3.8, 4) is 0 Å². The van der Waals surface area contributed by atoms with Crippen molar-refractivity contribution in [3.63, 3.8) is 0 Å². The second-order valence-electron chi connectivity index (χ2n) is 3.44. The summed E-state index contributed by atoms with van der Waals surface area (Å²) in [5, 5.41) is 7.38. The van der Waals surface area contributed by atoms with Crippen LogP contribution in [0.5, 0.6) is 0 Å². The van der Waals surface area contributed by atoms with Crippen LogP contribution in [0.3, 0.4) is 0 Å². The van der Waals surface area contributed by atoms with E-state index in [-0.39, 0.29) is 0 Å². The molecule has 0 aliphatic rings. The van der Waals surface area contributed by atoms with Crippen LogP contribution in [0.25, 0.3) is 0 Å². The maximum absolute atomic E-state index is 4.08. The molecule has 0 spiro atoms. The minimum absolute atomic E-state index is 0.840. The molecule has 0 unspecified atom stereocenters. The van der Waals surface area contributed by atoms with Gasteiger partial charge in [-0.2, -0.15) is 5.10 Å². The monoisotopic (exact) mass is 190 g/mol. The Bertz CT molecular complexity index is 373. The predicted molar refractivity (Wildman–Crippen MR) is 55.9 cm³/mol. The zero-order chi connectivity index (χ0) is 9.97. The third-order valence-electron chi connectivity index (χ3n) is 2.09. The fraction of sp³-hybridized carbons (Fsp3) is 0.300. The van der Waals surface area contributed by atoms with Crippen molar-refractivity contribution < 1.29 is 0 Å². The van der Waals surface area contributed by atoms with Crippen molar-refractivity contribution in [1.29, 1.82) is 0 Å². The molecule has 0 radical (unpaired) electrons. The highest BCUT2D eigenvalue weighted by atomic mass is 15.3. The maximum atomic E-state index is 4.08. The molecule has 0 saturated carbocycles. The standard InChI is InChI=1S/C10H14N4/c1-13-4-3-9(7-13)5-11-10-6-12-14(2)8-10/h3-4,6-8,11H,5H2,1-2H3. The molecule has 0 saturated heterocycles. The summed E-state index contributed by atoms with van der Waals surface area (Å²) < 4.78 is 3.83. The summed E-state index contributed by atoms with van der Waals surface area (Å²) in [5.74, 6) is 0. The lowest BCUT2D eigenvalue weighted by Gasteiger charge is -1.99. The summed E-state index contributed by atoms with van der Waals surface area (Å²) in [7, 11) is 3.93. The van der Waals surface area contributed by atoms with Crippen LogP contribution in [0.2, 0.25) is 0 Å². The summed E-state index contributed by atoms with van der Waals surface area (Å²) in [6.45, 7) is 0.840. The van der Waals surface area contributed by atoms with Gasteiger partial charge in [-0.3, -0.25) is 4.68 Å². The molecule has 0 aromatic carbocycles. The van der Waals surface area contributed by atoms with Gasteiger partial charge in [-0.15, -0.1) is 0 Å². The molecule has 74 valence electrons. The van der Waals surface area contributed by atoms with Crippen LogP contribution < -0.4 is 5.32 Å². The smallest absolute Gasteiger partial charge is 0.0729 e. The lowest BCUT2D eigenvalue weighted by molar-refractivity contribution is 0.768. The quantitative estimate of drug-likeness (QED) is 0.793. The summed E-state index contributed by atoms with van der Waals surface area (Å²) in [6.07, 6.45) is 7.93. The molecular formula is C10H14N4. The molecule has 4 nitrogen and oxygen atoms in total. The molecule has 0 fully saturated rings. The van der Waals surface area contributed by atoms with Crippen LogP contribution in [0.4, 0.5) is 5.69 Å². The molecule has 2 aromatic rings. The Hall–Kier alpha value is -1.71. The van der Waals surface area contributed by atoms with Crippen LogP contribution in [-0.2, 0) is 20.6 Å². The van der Waals surface area contributed by atoms with Gasteiger partial charge in [0.15, 0.2) is 0 Å². The first-order valence-electron chi connectivity index (χ1n) is 4.57. The topological polar surface area (TPSA) is 34.8 Å². The van der Waals surface area contributed by atoms with Crippen LogP contribution in [0, 0.1) is 0 Å². The number of nitrogens with zero attached hydrogens (tertiary/aromatic N) is 3. The summed E-state index contributed by atoms with van der Waals surface area (Å²) in [4.78, 5) is 0. The largest absolute Gasteiger partial charge is 0.378 e. The Kier molecular flexibility index (Phi) is 2.26. The highest BCUT2D eigenvalue weighted by Gasteiger charge is 1.96. The Morgan fingerprint density at radius 2 is 2.21 bits per heavy atom. The van der Waals surface area contributed by atoms with Gasteiger partial charge in [-0.1, -0.05) is 0 Å². The summed E-state index contributed by atoms with van der Waals surface area (Å²) >= 11 is 0. The second-order valence-corrected chi connectivity index (χ2v) is 3.44. The van der Waals surface area contributed by atoms with Crippen molar-refractivity contribution in [1.82, 2.24) is 14.3 Å². The van der Waals surface area contributed by atoms with Crippen LogP contribution in [-0.4, -0.2) is 14.3 Å². The maximum Gasteiger partial charge on any atom is 0.0729 e. The van der Waals surface area contributed by atoms with Gasteiger partial charge in [0.05, 0.1) is 11.9 Å². The molecule has 4 heteroatoms. The van der Waals surface area contributed by atoms with E-state index in [0.29, 0.717) is 0 Å².